The standard InChI is InChI=1S/C15H22N2O2.ClH/c16-13-9-5-4-8-12(13)15(19)17-10-14(18)11-6-2-1-3-7-11;/h4-5,8-9,11,14,18H,1-3,6-7,10,16H2,(H,17,19);1H. The number of para-hydroxylation sites is 1. The van der Waals surface area contributed by atoms with E-state index in [1.807, 2.05) is 0 Å². The van der Waals surface area contributed by atoms with Crippen LogP contribution in [0.1, 0.15) is 42.5 Å². The Bertz CT molecular complexity index is 434. The van der Waals surface area contributed by atoms with Gasteiger partial charge in [-0.2, -0.15) is 0 Å². The average molecular weight is 299 g/mol. The van der Waals surface area contributed by atoms with Crippen LogP contribution in [0.25, 0.3) is 0 Å². The van der Waals surface area contributed by atoms with Crippen molar-refractivity contribution in [2.45, 2.75) is 38.2 Å². The van der Waals surface area contributed by atoms with Gasteiger partial charge in [-0.15, -0.1) is 12.4 Å². The van der Waals surface area contributed by atoms with Crippen molar-refractivity contribution in [3.63, 3.8) is 0 Å². The van der Waals surface area contributed by atoms with Gasteiger partial charge in [0.15, 0.2) is 0 Å². The molecule has 0 aromatic heterocycles. The van der Waals surface area contributed by atoms with Crippen molar-refractivity contribution in [1.82, 2.24) is 5.32 Å². The highest BCUT2D eigenvalue weighted by Gasteiger charge is 2.22. The molecule has 0 radical (unpaired) electrons. The third-order valence-electron chi connectivity index (χ3n) is 3.87. The first-order valence-corrected chi connectivity index (χ1v) is 6.99. The van der Waals surface area contributed by atoms with E-state index in [-0.39, 0.29) is 18.3 Å². The van der Waals surface area contributed by atoms with Crippen LogP contribution in [0.2, 0.25) is 0 Å². The summed E-state index contributed by atoms with van der Waals surface area (Å²) in [6.45, 7) is 0.303. The molecule has 1 aliphatic rings. The monoisotopic (exact) mass is 298 g/mol. The van der Waals surface area contributed by atoms with Crippen molar-refractivity contribution in [1.29, 1.82) is 0 Å². The Hall–Kier alpha value is -1.26. The molecule has 5 heteroatoms. The highest BCUT2D eigenvalue weighted by Crippen LogP contribution is 2.26. The summed E-state index contributed by atoms with van der Waals surface area (Å²) in [4.78, 5) is 12.0. The van der Waals surface area contributed by atoms with E-state index in [2.05, 4.69) is 5.32 Å². The molecule has 0 heterocycles. The zero-order valence-corrected chi connectivity index (χ0v) is 12.4. The zero-order chi connectivity index (χ0) is 13.7. The van der Waals surface area contributed by atoms with Gasteiger partial charge in [0.2, 0.25) is 0 Å². The lowest BCUT2D eigenvalue weighted by molar-refractivity contribution is 0.0739. The number of hydrogen-bond donors (Lipinski definition) is 3. The van der Waals surface area contributed by atoms with Crippen molar-refractivity contribution in [3.05, 3.63) is 29.8 Å². The van der Waals surface area contributed by atoms with Crippen LogP contribution in [0, 0.1) is 5.92 Å². The van der Waals surface area contributed by atoms with E-state index >= 15 is 0 Å². The summed E-state index contributed by atoms with van der Waals surface area (Å²) in [7, 11) is 0. The molecule has 112 valence electrons. The van der Waals surface area contributed by atoms with Crippen molar-refractivity contribution < 1.29 is 9.90 Å². The van der Waals surface area contributed by atoms with Crippen molar-refractivity contribution in [2.75, 3.05) is 12.3 Å². The Morgan fingerprint density at radius 1 is 1.30 bits per heavy atom. The van der Waals surface area contributed by atoms with E-state index in [4.69, 9.17) is 5.73 Å². The summed E-state index contributed by atoms with van der Waals surface area (Å²) >= 11 is 0. The van der Waals surface area contributed by atoms with E-state index in [1.54, 1.807) is 24.3 Å². The summed E-state index contributed by atoms with van der Waals surface area (Å²) in [6.07, 6.45) is 5.29. The number of carbonyl (C=O) groups is 1. The summed E-state index contributed by atoms with van der Waals surface area (Å²) in [5.74, 6) is 0.107. The van der Waals surface area contributed by atoms with E-state index in [0.717, 1.165) is 12.8 Å². The molecule has 2 rings (SSSR count). The first-order chi connectivity index (χ1) is 9.18. The van der Waals surface area contributed by atoms with Crippen molar-refractivity contribution in [3.8, 4) is 0 Å². The number of halogens is 1. The quantitative estimate of drug-likeness (QED) is 0.747. The lowest BCUT2D eigenvalue weighted by Gasteiger charge is -2.26. The number of amides is 1. The number of nitrogens with one attached hydrogen (secondary N) is 1. The molecule has 20 heavy (non-hydrogen) atoms. The summed E-state index contributed by atoms with van der Waals surface area (Å²) in [5, 5.41) is 12.9. The second kappa shape index (κ2) is 8.12. The van der Waals surface area contributed by atoms with Gasteiger partial charge < -0.3 is 16.2 Å². The molecule has 0 bridgehead atoms. The SMILES string of the molecule is Cl.Nc1ccccc1C(=O)NCC(O)C1CCCCC1. The van der Waals surface area contributed by atoms with Crippen molar-refractivity contribution in [2.24, 2.45) is 5.92 Å². The van der Waals surface area contributed by atoms with Crippen LogP contribution in [0.4, 0.5) is 5.69 Å². The minimum Gasteiger partial charge on any atom is -0.398 e. The van der Waals surface area contributed by atoms with Gasteiger partial charge in [-0.1, -0.05) is 31.4 Å². The Balaban J connectivity index is 0.00000200. The molecule has 1 amide bonds. The Morgan fingerprint density at radius 3 is 2.60 bits per heavy atom. The Kier molecular flexibility index (Phi) is 6.82. The maximum absolute atomic E-state index is 12.0. The molecule has 4 N–H and O–H groups in total. The number of rotatable bonds is 4. The van der Waals surface area contributed by atoms with Crippen LogP contribution in [0.3, 0.4) is 0 Å². The fourth-order valence-corrected chi connectivity index (χ4v) is 2.68. The number of anilines is 1. The summed E-state index contributed by atoms with van der Waals surface area (Å²) < 4.78 is 0. The molecule has 0 spiro atoms. The number of aliphatic hydroxyl groups is 1. The Morgan fingerprint density at radius 2 is 1.95 bits per heavy atom. The fraction of sp³-hybridized carbons (Fsp3) is 0.533. The fourth-order valence-electron chi connectivity index (χ4n) is 2.68. The minimum atomic E-state index is -0.450. The van der Waals surface area contributed by atoms with E-state index in [9.17, 15) is 9.90 Å². The van der Waals surface area contributed by atoms with E-state index < -0.39 is 6.10 Å². The number of hydrogen-bond acceptors (Lipinski definition) is 3. The molecule has 4 nitrogen and oxygen atoms in total. The number of aliphatic hydroxyl groups excluding tert-OH is 1. The zero-order valence-electron chi connectivity index (χ0n) is 11.5. The number of carbonyl (C=O) groups excluding carboxylic acids is 1. The van der Waals surface area contributed by atoms with Crippen LogP contribution < -0.4 is 11.1 Å². The van der Waals surface area contributed by atoms with Crippen LogP contribution >= 0.6 is 12.4 Å². The summed E-state index contributed by atoms with van der Waals surface area (Å²) in [5.41, 5.74) is 6.68. The van der Waals surface area contributed by atoms with Gasteiger partial charge in [-0.05, 0) is 30.9 Å². The van der Waals surface area contributed by atoms with Gasteiger partial charge in [-0.25, -0.2) is 0 Å². The normalized spacial score (nSPS) is 17.1. The highest BCUT2D eigenvalue weighted by atomic mass is 35.5. The van der Waals surface area contributed by atoms with Crippen molar-refractivity contribution >= 4 is 24.0 Å². The number of nitrogens with two attached hydrogens (primary N) is 1. The minimum absolute atomic E-state index is 0. The van der Waals surface area contributed by atoms with Gasteiger partial charge in [0.05, 0.1) is 11.7 Å². The third-order valence-corrected chi connectivity index (χ3v) is 3.87. The largest absolute Gasteiger partial charge is 0.398 e. The second-order valence-electron chi connectivity index (χ2n) is 5.26. The average Bonchev–Trinajstić information content (AvgIpc) is 2.46. The second-order valence-corrected chi connectivity index (χ2v) is 5.26. The number of nitrogen functional groups attached to an aromatic ring is 1. The van der Waals surface area contributed by atoms with Gasteiger partial charge in [-0.3, -0.25) is 4.79 Å². The predicted octanol–water partition coefficient (Wildman–Crippen LogP) is 2.36. The molecular weight excluding hydrogens is 276 g/mol. The summed E-state index contributed by atoms with van der Waals surface area (Å²) in [6, 6.07) is 6.97. The smallest absolute Gasteiger partial charge is 0.253 e. The highest BCUT2D eigenvalue weighted by molar-refractivity contribution is 5.99. The number of benzene rings is 1. The molecule has 1 aromatic carbocycles. The van der Waals surface area contributed by atoms with Gasteiger partial charge in [0.1, 0.15) is 0 Å². The van der Waals surface area contributed by atoms with Crippen LogP contribution in [-0.2, 0) is 0 Å². The first-order valence-electron chi connectivity index (χ1n) is 6.99. The molecule has 1 unspecified atom stereocenters. The van der Waals surface area contributed by atoms with E-state index in [1.165, 1.54) is 19.3 Å². The van der Waals surface area contributed by atoms with Gasteiger partial charge in [0.25, 0.3) is 5.91 Å². The maximum Gasteiger partial charge on any atom is 0.253 e. The van der Waals surface area contributed by atoms with Crippen LogP contribution in [0.15, 0.2) is 24.3 Å². The van der Waals surface area contributed by atoms with Gasteiger partial charge >= 0.3 is 0 Å². The lowest BCUT2D eigenvalue weighted by atomic mass is 9.85. The lowest BCUT2D eigenvalue weighted by Crippen LogP contribution is -2.37. The van der Waals surface area contributed by atoms with Crippen LogP contribution in [0.5, 0.6) is 0 Å². The van der Waals surface area contributed by atoms with Gasteiger partial charge in [0, 0.05) is 12.2 Å². The molecule has 1 atom stereocenters. The Labute approximate surface area is 126 Å². The maximum atomic E-state index is 12.0. The molecule has 0 aliphatic heterocycles. The predicted molar refractivity (Wildman–Crippen MR) is 83.0 cm³/mol. The van der Waals surface area contributed by atoms with Crippen LogP contribution in [-0.4, -0.2) is 23.7 Å². The topological polar surface area (TPSA) is 75.4 Å². The molecule has 1 aliphatic carbocycles. The molecule has 1 aromatic rings. The molecule has 1 saturated carbocycles. The van der Waals surface area contributed by atoms with E-state index in [0.29, 0.717) is 23.7 Å². The third kappa shape index (κ3) is 4.39. The molecule has 1 fully saturated rings. The molecule has 0 saturated heterocycles. The first kappa shape index (κ1) is 16.8. The molecular formula is C15H23ClN2O2.